The van der Waals surface area contributed by atoms with E-state index in [4.69, 9.17) is 0 Å². The molecule has 0 aliphatic heterocycles. The highest BCUT2D eigenvalue weighted by Crippen LogP contribution is 2.64. The SMILES string of the molecule is CCC1(O)CCC2(C)C(=CCC3C4CC=CC4(C)CCC32)C1. The van der Waals surface area contributed by atoms with E-state index in [2.05, 4.69) is 39.0 Å². The van der Waals surface area contributed by atoms with E-state index >= 15 is 0 Å². The summed E-state index contributed by atoms with van der Waals surface area (Å²) >= 11 is 0. The fraction of sp³-hybridized carbons (Fsp3) is 0.810. The maximum absolute atomic E-state index is 10.8. The zero-order chi connectivity index (χ0) is 15.6. The molecule has 6 atom stereocenters. The van der Waals surface area contributed by atoms with Crippen LogP contribution in [0.2, 0.25) is 0 Å². The normalized spacial score (nSPS) is 53.5. The van der Waals surface area contributed by atoms with E-state index in [0.29, 0.717) is 10.8 Å². The van der Waals surface area contributed by atoms with E-state index in [0.717, 1.165) is 37.0 Å². The molecule has 2 fully saturated rings. The molecule has 122 valence electrons. The Kier molecular flexibility index (Phi) is 3.22. The largest absolute Gasteiger partial charge is 0.390 e. The van der Waals surface area contributed by atoms with Gasteiger partial charge in [0, 0.05) is 0 Å². The van der Waals surface area contributed by atoms with Crippen molar-refractivity contribution in [1.82, 2.24) is 0 Å². The Bertz CT molecular complexity index is 532. The topological polar surface area (TPSA) is 20.2 Å². The van der Waals surface area contributed by atoms with Gasteiger partial charge in [-0.2, -0.15) is 0 Å². The molecule has 6 unspecified atom stereocenters. The van der Waals surface area contributed by atoms with Crippen molar-refractivity contribution in [3.63, 3.8) is 0 Å². The fourth-order valence-corrected chi connectivity index (χ4v) is 6.50. The van der Waals surface area contributed by atoms with Gasteiger partial charge in [0.15, 0.2) is 0 Å². The Morgan fingerprint density at radius 2 is 1.95 bits per heavy atom. The number of fused-ring (bicyclic) bond motifs is 5. The molecule has 0 aromatic carbocycles. The molecule has 0 saturated heterocycles. The highest BCUT2D eigenvalue weighted by atomic mass is 16.3. The molecule has 2 saturated carbocycles. The van der Waals surface area contributed by atoms with Crippen LogP contribution in [0, 0.1) is 28.6 Å². The molecule has 0 spiro atoms. The molecule has 22 heavy (non-hydrogen) atoms. The van der Waals surface area contributed by atoms with Gasteiger partial charge in [0.1, 0.15) is 0 Å². The molecule has 1 heteroatoms. The van der Waals surface area contributed by atoms with Crippen molar-refractivity contribution in [1.29, 1.82) is 0 Å². The number of hydrogen-bond donors (Lipinski definition) is 1. The van der Waals surface area contributed by atoms with Crippen molar-refractivity contribution in [2.75, 3.05) is 0 Å². The second-order valence-electron chi connectivity index (χ2n) is 9.20. The van der Waals surface area contributed by atoms with Crippen LogP contribution in [0.25, 0.3) is 0 Å². The van der Waals surface area contributed by atoms with Gasteiger partial charge < -0.3 is 5.11 Å². The van der Waals surface area contributed by atoms with Crippen LogP contribution in [-0.2, 0) is 0 Å². The Labute approximate surface area is 135 Å². The second-order valence-corrected chi connectivity index (χ2v) is 9.20. The molecule has 4 rings (SSSR count). The lowest BCUT2D eigenvalue weighted by Gasteiger charge is -2.58. The predicted molar refractivity (Wildman–Crippen MR) is 91.5 cm³/mol. The average Bonchev–Trinajstić information content (AvgIpc) is 2.90. The Hall–Kier alpha value is -0.560. The van der Waals surface area contributed by atoms with Gasteiger partial charge in [-0.3, -0.25) is 0 Å². The smallest absolute Gasteiger partial charge is 0.0682 e. The van der Waals surface area contributed by atoms with E-state index in [9.17, 15) is 5.11 Å². The summed E-state index contributed by atoms with van der Waals surface area (Å²) in [7, 11) is 0. The number of aliphatic hydroxyl groups is 1. The molecule has 0 radical (unpaired) electrons. The summed E-state index contributed by atoms with van der Waals surface area (Å²) in [6.45, 7) is 7.16. The number of hydrogen-bond acceptors (Lipinski definition) is 1. The van der Waals surface area contributed by atoms with Gasteiger partial charge in [0.05, 0.1) is 5.60 Å². The second kappa shape index (κ2) is 4.72. The summed E-state index contributed by atoms with van der Waals surface area (Å²) in [6.07, 6.45) is 16.9. The van der Waals surface area contributed by atoms with Crippen LogP contribution in [0.15, 0.2) is 23.8 Å². The Morgan fingerprint density at radius 3 is 2.73 bits per heavy atom. The van der Waals surface area contributed by atoms with Crippen LogP contribution in [0.3, 0.4) is 0 Å². The fourth-order valence-electron chi connectivity index (χ4n) is 6.50. The van der Waals surface area contributed by atoms with Crippen LogP contribution >= 0.6 is 0 Å². The minimum atomic E-state index is -0.420. The number of allylic oxidation sites excluding steroid dienone is 3. The third kappa shape index (κ3) is 1.94. The van der Waals surface area contributed by atoms with Crippen molar-refractivity contribution >= 4 is 0 Å². The summed E-state index contributed by atoms with van der Waals surface area (Å²) in [5, 5.41) is 10.8. The monoisotopic (exact) mass is 300 g/mol. The van der Waals surface area contributed by atoms with E-state index in [-0.39, 0.29) is 0 Å². The van der Waals surface area contributed by atoms with Gasteiger partial charge in [-0.25, -0.2) is 0 Å². The maximum atomic E-state index is 10.8. The van der Waals surface area contributed by atoms with Gasteiger partial charge in [-0.1, -0.05) is 44.6 Å². The molecule has 0 bridgehead atoms. The summed E-state index contributed by atoms with van der Waals surface area (Å²) in [4.78, 5) is 0. The molecule has 0 heterocycles. The molecular weight excluding hydrogens is 268 g/mol. The third-order valence-electron chi connectivity index (χ3n) is 8.24. The average molecular weight is 300 g/mol. The zero-order valence-corrected chi connectivity index (χ0v) is 14.6. The molecule has 1 N–H and O–H groups in total. The van der Waals surface area contributed by atoms with E-state index in [1.165, 1.54) is 32.1 Å². The summed E-state index contributed by atoms with van der Waals surface area (Å²) < 4.78 is 0. The summed E-state index contributed by atoms with van der Waals surface area (Å²) in [6, 6.07) is 0. The van der Waals surface area contributed by atoms with Crippen molar-refractivity contribution in [2.24, 2.45) is 28.6 Å². The standard InChI is InChI=1S/C21H32O/c1-4-21(22)13-12-20(3)15(14-21)7-8-16-17-6-5-10-19(17,2)11-9-18(16)20/h5,7,10,16-18,22H,4,6,8-9,11-14H2,1-3H3. The van der Waals surface area contributed by atoms with E-state index in [1.54, 1.807) is 5.57 Å². The van der Waals surface area contributed by atoms with Crippen LogP contribution < -0.4 is 0 Å². The first-order valence-electron chi connectivity index (χ1n) is 9.50. The minimum absolute atomic E-state index is 0.369. The first kappa shape index (κ1) is 15.0. The summed E-state index contributed by atoms with van der Waals surface area (Å²) in [5.74, 6) is 2.59. The van der Waals surface area contributed by atoms with Crippen molar-refractivity contribution < 1.29 is 5.11 Å². The first-order valence-corrected chi connectivity index (χ1v) is 9.50. The molecule has 0 aromatic rings. The molecule has 4 aliphatic rings. The summed E-state index contributed by atoms with van der Waals surface area (Å²) in [5.41, 5.74) is 2.02. The van der Waals surface area contributed by atoms with Crippen molar-refractivity contribution in [3.8, 4) is 0 Å². The molecule has 4 aliphatic carbocycles. The van der Waals surface area contributed by atoms with Crippen molar-refractivity contribution in [2.45, 2.75) is 77.7 Å². The number of rotatable bonds is 1. The molecule has 0 amide bonds. The van der Waals surface area contributed by atoms with E-state index < -0.39 is 5.60 Å². The van der Waals surface area contributed by atoms with Crippen LogP contribution in [-0.4, -0.2) is 10.7 Å². The Morgan fingerprint density at radius 1 is 1.14 bits per heavy atom. The third-order valence-corrected chi connectivity index (χ3v) is 8.24. The van der Waals surface area contributed by atoms with Crippen LogP contribution in [0.1, 0.15) is 72.1 Å². The lowest BCUT2D eigenvalue weighted by Crippen LogP contribution is -2.51. The Balaban J connectivity index is 1.66. The zero-order valence-electron chi connectivity index (χ0n) is 14.6. The molecule has 0 aromatic heterocycles. The van der Waals surface area contributed by atoms with E-state index in [1.807, 2.05) is 0 Å². The van der Waals surface area contributed by atoms with Crippen LogP contribution in [0.4, 0.5) is 0 Å². The van der Waals surface area contributed by atoms with Gasteiger partial charge in [0.25, 0.3) is 0 Å². The first-order chi connectivity index (χ1) is 10.4. The highest BCUT2D eigenvalue weighted by Gasteiger charge is 2.55. The predicted octanol–water partition coefficient (Wildman–Crippen LogP) is 5.26. The van der Waals surface area contributed by atoms with Gasteiger partial charge >= 0.3 is 0 Å². The quantitative estimate of drug-likeness (QED) is 0.655. The van der Waals surface area contributed by atoms with Gasteiger partial charge in [-0.05, 0) is 80.0 Å². The van der Waals surface area contributed by atoms with Gasteiger partial charge in [-0.15, -0.1) is 0 Å². The van der Waals surface area contributed by atoms with Gasteiger partial charge in [0.2, 0.25) is 0 Å². The lowest BCUT2D eigenvalue weighted by molar-refractivity contribution is -0.0583. The minimum Gasteiger partial charge on any atom is -0.390 e. The maximum Gasteiger partial charge on any atom is 0.0682 e. The molecular formula is C21H32O. The molecule has 1 nitrogen and oxygen atoms in total. The van der Waals surface area contributed by atoms with Crippen molar-refractivity contribution in [3.05, 3.63) is 23.8 Å². The van der Waals surface area contributed by atoms with Crippen LogP contribution in [0.5, 0.6) is 0 Å². The lowest BCUT2D eigenvalue weighted by atomic mass is 9.47. The highest BCUT2D eigenvalue weighted by molar-refractivity contribution is 5.28.